The summed E-state index contributed by atoms with van der Waals surface area (Å²) in [6, 6.07) is 10.2. The third-order valence-corrected chi connectivity index (χ3v) is 8.39. The van der Waals surface area contributed by atoms with Crippen LogP contribution in [0.3, 0.4) is 0 Å². The van der Waals surface area contributed by atoms with Crippen LogP contribution in [0, 0.1) is 6.92 Å². The lowest BCUT2D eigenvalue weighted by Gasteiger charge is -2.35. The molecule has 2 N–H and O–H groups in total. The van der Waals surface area contributed by atoms with Crippen molar-refractivity contribution in [2.75, 3.05) is 26.7 Å². The lowest BCUT2D eigenvalue weighted by molar-refractivity contribution is -0.141. The Kier molecular flexibility index (Phi) is 7.97. The number of amides is 1. The first kappa shape index (κ1) is 29.9. The van der Waals surface area contributed by atoms with Gasteiger partial charge >= 0.3 is 6.18 Å². The van der Waals surface area contributed by atoms with Crippen LogP contribution in [-0.2, 0) is 23.8 Å². The number of aromatic amines is 1. The number of rotatable bonds is 6. The molecule has 0 radical (unpaired) electrons. The largest absolute Gasteiger partial charge is 0.471 e. The van der Waals surface area contributed by atoms with E-state index in [2.05, 4.69) is 15.0 Å². The van der Waals surface area contributed by atoms with Crippen LogP contribution < -0.4 is 9.47 Å². The third kappa shape index (κ3) is 6.09. The van der Waals surface area contributed by atoms with Crippen molar-refractivity contribution in [1.82, 2.24) is 24.8 Å². The molecule has 2 aliphatic rings. The summed E-state index contributed by atoms with van der Waals surface area (Å²) in [6.07, 6.45) is -2.82. The molecule has 0 saturated carbocycles. The van der Waals surface area contributed by atoms with Crippen LogP contribution in [0.25, 0.3) is 11.0 Å². The summed E-state index contributed by atoms with van der Waals surface area (Å²) in [5, 5.41) is 11.2. The molecule has 1 amide bonds. The van der Waals surface area contributed by atoms with Gasteiger partial charge in [0.25, 0.3) is 0 Å². The van der Waals surface area contributed by atoms with Crippen molar-refractivity contribution in [2.24, 2.45) is 0 Å². The molecule has 4 aromatic rings. The van der Waals surface area contributed by atoms with Gasteiger partial charge < -0.3 is 29.4 Å². The summed E-state index contributed by atoms with van der Waals surface area (Å²) < 4.78 is 53.9. The number of aryl methyl sites for hydroxylation is 1. The van der Waals surface area contributed by atoms with Gasteiger partial charge in [0, 0.05) is 37.7 Å². The Morgan fingerprint density at radius 3 is 2.75 bits per heavy atom. The predicted octanol–water partition coefficient (Wildman–Crippen LogP) is 5.21. The minimum Gasteiger partial charge on any atom is -0.471 e. The first-order valence-electron chi connectivity index (χ1n) is 14.6. The average Bonchev–Trinajstić information content (AvgIpc) is 3.36. The number of β-amino-alcohol motifs (C(OH)–C–C–N with tert-alkyl or cyclic N) is 1. The number of likely N-dealkylation sites (tertiary alicyclic amines) is 1. The molecule has 0 bridgehead atoms. The van der Waals surface area contributed by atoms with Gasteiger partial charge in [0.15, 0.2) is 0 Å². The Balaban J connectivity index is 1.18. The number of hydrogen-bond acceptors (Lipinski definition) is 7. The fourth-order valence-corrected chi connectivity index (χ4v) is 6.06. The van der Waals surface area contributed by atoms with Crippen molar-refractivity contribution in [3.8, 4) is 17.4 Å². The number of benzene rings is 1. The number of carbonyl (C=O) groups excluding carboxylic acids is 1. The van der Waals surface area contributed by atoms with Gasteiger partial charge in [-0.05, 0) is 80.8 Å². The van der Waals surface area contributed by atoms with E-state index < -0.39 is 29.8 Å². The van der Waals surface area contributed by atoms with Gasteiger partial charge in [-0.2, -0.15) is 13.2 Å². The Morgan fingerprint density at radius 1 is 1.16 bits per heavy atom. The number of alkyl halides is 3. The van der Waals surface area contributed by atoms with Gasteiger partial charge in [0.2, 0.25) is 11.8 Å². The minimum absolute atomic E-state index is 0.136. The zero-order valence-corrected chi connectivity index (χ0v) is 24.7. The number of fused-ring (bicyclic) bond motifs is 2. The summed E-state index contributed by atoms with van der Waals surface area (Å²) in [7, 11) is 1.82. The fourth-order valence-electron chi connectivity index (χ4n) is 6.06. The predicted molar refractivity (Wildman–Crippen MR) is 157 cm³/mol. The molecule has 1 aromatic carbocycles. The molecule has 12 heteroatoms. The number of H-pyrrole nitrogens is 1. The third-order valence-electron chi connectivity index (χ3n) is 8.39. The van der Waals surface area contributed by atoms with Crippen molar-refractivity contribution in [1.29, 1.82) is 0 Å². The van der Waals surface area contributed by atoms with Crippen LogP contribution in [0.4, 0.5) is 13.2 Å². The smallest absolute Gasteiger partial charge is 0.421 e. The summed E-state index contributed by atoms with van der Waals surface area (Å²) >= 11 is 0. The Hall–Kier alpha value is -4.16. The Morgan fingerprint density at radius 2 is 1.98 bits per heavy atom. The number of aromatic nitrogens is 3. The van der Waals surface area contributed by atoms with E-state index in [1.165, 1.54) is 6.20 Å². The van der Waals surface area contributed by atoms with E-state index in [1.54, 1.807) is 17.2 Å². The number of aliphatic hydroxyl groups excluding tert-OH is 1. The SMILES string of the molecule is Cc1cc2c(Oc3ccc4c(c3)[C@H](C)N(C(=O)Cc3cnc(OC5CCN(C)CC5O)c(C(F)(F)F)c3)CC4)ccnc2[nH]1. The molecular weight excluding hydrogens is 575 g/mol. The maximum atomic E-state index is 14.0. The fraction of sp³-hybridized carbons (Fsp3) is 0.406. The van der Waals surface area contributed by atoms with Crippen molar-refractivity contribution in [2.45, 2.75) is 57.5 Å². The molecule has 2 aliphatic heterocycles. The number of halogens is 3. The number of hydrogen-bond donors (Lipinski definition) is 2. The quantitative estimate of drug-likeness (QED) is 0.309. The van der Waals surface area contributed by atoms with E-state index in [0.29, 0.717) is 44.0 Å². The monoisotopic (exact) mass is 609 g/mol. The second-order valence-corrected chi connectivity index (χ2v) is 11.6. The van der Waals surface area contributed by atoms with Crippen LogP contribution in [0.5, 0.6) is 17.4 Å². The second-order valence-electron chi connectivity index (χ2n) is 11.6. The number of piperidine rings is 1. The number of nitrogens with one attached hydrogen (secondary N) is 1. The summed E-state index contributed by atoms with van der Waals surface area (Å²) in [6.45, 7) is 5.17. The number of aliphatic hydroxyl groups is 1. The molecule has 5 heterocycles. The van der Waals surface area contributed by atoms with Crippen molar-refractivity contribution in [3.63, 3.8) is 0 Å². The van der Waals surface area contributed by atoms with Crippen molar-refractivity contribution >= 4 is 16.9 Å². The van der Waals surface area contributed by atoms with Gasteiger partial charge in [0.05, 0.1) is 17.8 Å². The molecule has 6 rings (SSSR count). The number of ether oxygens (including phenoxy) is 2. The van der Waals surface area contributed by atoms with E-state index in [0.717, 1.165) is 33.9 Å². The minimum atomic E-state index is -4.74. The molecule has 0 spiro atoms. The lowest BCUT2D eigenvalue weighted by Crippen LogP contribution is -2.47. The highest BCUT2D eigenvalue weighted by Crippen LogP contribution is 2.38. The van der Waals surface area contributed by atoms with Crippen LogP contribution in [0.2, 0.25) is 0 Å². The van der Waals surface area contributed by atoms with Crippen molar-refractivity contribution in [3.05, 3.63) is 76.7 Å². The van der Waals surface area contributed by atoms with Crippen LogP contribution in [0.1, 0.15) is 47.3 Å². The zero-order chi connectivity index (χ0) is 31.2. The highest BCUT2D eigenvalue weighted by atomic mass is 19.4. The van der Waals surface area contributed by atoms with E-state index in [9.17, 15) is 23.1 Å². The van der Waals surface area contributed by atoms with Crippen LogP contribution >= 0.6 is 0 Å². The summed E-state index contributed by atoms with van der Waals surface area (Å²) in [4.78, 5) is 28.5. The van der Waals surface area contributed by atoms with E-state index in [4.69, 9.17) is 9.47 Å². The molecular formula is C32H34F3N5O4. The molecule has 44 heavy (non-hydrogen) atoms. The maximum absolute atomic E-state index is 14.0. The first-order chi connectivity index (χ1) is 21.0. The molecule has 9 nitrogen and oxygen atoms in total. The molecule has 1 fully saturated rings. The lowest BCUT2D eigenvalue weighted by atomic mass is 9.92. The molecule has 0 aliphatic carbocycles. The Bertz CT molecular complexity index is 1690. The molecule has 232 valence electrons. The normalized spacial score (nSPS) is 20.9. The van der Waals surface area contributed by atoms with Crippen molar-refractivity contribution < 1.29 is 32.5 Å². The topological polar surface area (TPSA) is 104 Å². The summed E-state index contributed by atoms with van der Waals surface area (Å²) in [5.41, 5.74) is 2.78. The molecule has 3 aromatic heterocycles. The number of likely N-dealkylation sites (N-methyl/N-ethyl adjacent to an activating group) is 1. The average molecular weight is 610 g/mol. The van der Waals surface area contributed by atoms with E-state index >= 15 is 0 Å². The van der Waals surface area contributed by atoms with Gasteiger partial charge in [-0.25, -0.2) is 9.97 Å². The molecule has 2 unspecified atom stereocenters. The molecule has 3 atom stereocenters. The first-order valence-corrected chi connectivity index (χ1v) is 14.6. The zero-order valence-electron chi connectivity index (χ0n) is 24.7. The van der Waals surface area contributed by atoms with Gasteiger partial charge in [-0.1, -0.05) is 6.07 Å². The summed E-state index contributed by atoms with van der Waals surface area (Å²) in [5.74, 6) is 0.376. The highest BCUT2D eigenvalue weighted by molar-refractivity contribution is 5.83. The number of pyridine rings is 2. The van der Waals surface area contributed by atoms with Gasteiger partial charge in [0.1, 0.15) is 34.9 Å². The highest BCUT2D eigenvalue weighted by Gasteiger charge is 2.38. The van der Waals surface area contributed by atoms with E-state index in [-0.39, 0.29) is 23.9 Å². The van der Waals surface area contributed by atoms with E-state index in [1.807, 2.05) is 50.1 Å². The molecule has 1 saturated heterocycles. The standard InChI is InChI=1S/C32H34F3N5O4/c1-18-12-24-27(6-9-36-30(24)38-18)43-22-5-4-21-7-11-40(19(2)23(21)15-22)29(42)14-20-13-25(32(33,34)35)31(37-16-20)44-28-8-10-39(3)17-26(28)41/h4-6,9,12-13,15-16,19,26,28,41H,7-8,10-11,14,17H2,1-3H3,(H,36,38)/t19-,26?,28?/m0/s1. The van der Waals surface area contributed by atoms with Crippen LogP contribution in [-0.4, -0.2) is 74.7 Å². The van der Waals surface area contributed by atoms with Crippen LogP contribution in [0.15, 0.2) is 48.8 Å². The number of carbonyl (C=O) groups is 1. The second kappa shape index (κ2) is 11.7. The maximum Gasteiger partial charge on any atom is 0.421 e. The van der Waals surface area contributed by atoms with Gasteiger partial charge in [-0.15, -0.1) is 0 Å². The number of nitrogens with zero attached hydrogens (tertiary/aromatic N) is 4. The van der Waals surface area contributed by atoms with Gasteiger partial charge in [-0.3, -0.25) is 4.79 Å². The Labute approximate surface area is 252 Å².